The minimum absolute atomic E-state index is 0.702. The summed E-state index contributed by atoms with van der Waals surface area (Å²) in [5, 5.41) is 0. The predicted octanol–water partition coefficient (Wildman–Crippen LogP) is 3.04. The quantitative estimate of drug-likeness (QED) is 0.868. The van der Waals surface area contributed by atoms with Gasteiger partial charge in [0.2, 0.25) is 0 Å². The van der Waals surface area contributed by atoms with Crippen LogP contribution in [0.5, 0.6) is 0 Å². The zero-order valence-corrected chi connectivity index (χ0v) is 10.8. The molecule has 2 atom stereocenters. The second-order valence-corrected chi connectivity index (χ2v) is 5.85. The minimum Gasteiger partial charge on any atom is -0.330 e. The summed E-state index contributed by atoms with van der Waals surface area (Å²) in [6.07, 6.45) is 2.38. The van der Waals surface area contributed by atoms with E-state index in [0.29, 0.717) is 5.92 Å². The van der Waals surface area contributed by atoms with Crippen molar-refractivity contribution in [3.63, 3.8) is 0 Å². The number of nitrogens with two attached hydrogens (primary N) is 1. The maximum Gasteiger partial charge on any atom is -0.00331 e. The number of rotatable bonds is 4. The molecule has 1 saturated heterocycles. The molecule has 0 spiro atoms. The Balaban J connectivity index is 2.09. The van der Waals surface area contributed by atoms with Crippen molar-refractivity contribution in [2.24, 2.45) is 11.7 Å². The van der Waals surface area contributed by atoms with Crippen molar-refractivity contribution < 1.29 is 0 Å². The highest BCUT2D eigenvalue weighted by Crippen LogP contribution is 2.35. The van der Waals surface area contributed by atoms with Gasteiger partial charge in [0, 0.05) is 0 Å². The number of hydrogen-bond donors (Lipinski definition) is 1. The fraction of sp³-hybridized carbons (Fsp3) is 0.571. The van der Waals surface area contributed by atoms with E-state index in [4.69, 9.17) is 5.73 Å². The summed E-state index contributed by atoms with van der Waals surface area (Å²) < 4.78 is 0. The molecule has 0 radical (unpaired) electrons. The highest BCUT2D eigenvalue weighted by atomic mass is 32.2. The fourth-order valence-electron chi connectivity index (χ4n) is 2.42. The first-order chi connectivity index (χ1) is 7.81. The van der Waals surface area contributed by atoms with E-state index in [2.05, 4.69) is 43.0 Å². The van der Waals surface area contributed by atoms with Gasteiger partial charge in [0.05, 0.1) is 0 Å². The van der Waals surface area contributed by atoms with Gasteiger partial charge in [-0.05, 0) is 53.9 Å². The standard InChI is InChI=1S/C14H21NS/c1-11(14-6-8-16-10-14)13-4-2-3-12(9-13)5-7-15/h2-4,9,11,14H,5-8,10,15H2,1H3. The van der Waals surface area contributed by atoms with Crippen molar-refractivity contribution in [2.45, 2.75) is 25.7 Å². The van der Waals surface area contributed by atoms with Gasteiger partial charge in [-0.15, -0.1) is 0 Å². The molecular formula is C14H21NS. The Hall–Kier alpha value is -0.470. The molecule has 1 nitrogen and oxygen atoms in total. The minimum atomic E-state index is 0.702. The summed E-state index contributed by atoms with van der Waals surface area (Å²) in [4.78, 5) is 0. The summed E-state index contributed by atoms with van der Waals surface area (Å²) in [5.74, 6) is 4.26. The Morgan fingerprint density at radius 1 is 1.50 bits per heavy atom. The van der Waals surface area contributed by atoms with Gasteiger partial charge in [0.1, 0.15) is 0 Å². The van der Waals surface area contributed by atoms with Crippen molar-refractivity contribution in [1.29, 1.82) is 0 Å². The van der Waals surface area contributed by atoms with E-state index in [-0.39, 0.29) is 0 Å². The van der Waals surface area contributed by atoms with Crippen LogP contribution in [0.3, 0.4) is 0 Å². The molecular weight excluding hydrogens is 214 g/mol. The molecule has 1 aromatic rings. The van der Waals surface area contributed by atoms with Gasteiger partial charge in [0.15, 0.2) is 0 Å². The summed E-state index contributed by atoms with van der Waals surface area (Å²) in [5.41, 5.74) is 8.49. The average Bonchev–Trinajstić information content (AvgIpc) is 2.82. The van der Waals surface area contributed by atoms with Crippen molar-refractivity contribution in [1.82, 2.24) is 0 Å². The molecule has 1 aromatic carbocycles. The van der Waals surface area contributed by atoms with Gasteiger partial charge in [-0.1, -0.05) is 31.2 Å². The van der Waals surface area contributed by atoms with Crippen LogP contribution in [0.1, 0.15) is 30.4 Å². The Morgan fingerprint density at radius 2 is 2.38 bits per heavy atom. The summed E-state index contributed by atoms with van der Waals surface area (Å²) in [6.45, 7) is 3.12. The van der Waals surface area contributed by atoms with Crippen LogP contribution in [0.4, 0.5) is 0 Å². The fourth-order valence-corrected chi connectivity index (χ4v) is 3.81. The van der Waals surface area contributed by atoms with Crippen molar-refractivity contribution in [3.8, 4) is 0 Å². The molecule has 16 heavy (non-hydrogen) atoms. The Kier molecular flexibility index (Phi) is 4.30. The molecule has 0 saturated carbocycles. The highest BCUT2D eigenvalue weighted by molar-refractivity contribution is 7.99. The van der Waals surface area contributed by atoms with Gasteiger partial charge in [-0.2, -0.15) is 11.8 Å². The van der Waals surface area contributed by atoms with E-state index in [0.717, 1.165) is 18.9 Å². The van der Waals surface area contributed by atoms with Gasteiger partial charge in [0.25, 0.3) is 0 Å². The third-order valence-corrected chi connectivity index (χ3v) is 4.77. The van der Waals surface area contributed by atoms with Crippen LogP contribution in [-0.2, 0) is 6.42 Å². The second-order valence-electron chi connectivity index (χ2n) is 4.70. The molecule has 1 aliphatic rings. The first kappa shape index (κ1) is 12.0. The van der Waals surface area contributed by atoms with Crippen LogP contribution in [0.15, 0.2) is 24.3 Å². The lowest BCUT2D eigenvalue weighted by molar-refractivity contribution is 0.500. The molecule has 0 aliphatic carbocycles. The van der Waals surface area contributed by atoms with Gasteiger partial charge in [-0.25, -0.2) is 0 Å². The largest absolute Gasteiger partial charge is 0.330 e. The Labute approximate surface area is 103 Å². The van der Waals surface area contributed by atoms with Crippen LogP contribution in [0, 0.1) is 5.92 Å². The van der Waals surface area contributed by atoms with E-state index in [1.54, 1.807) is 0 Å². The molecule has 88 valence electrons. The van der Waals surface area contributed by atoms with Crippen LogP contribution in [0.25, 0.3) is 0 Å². The zero-order valence-electron chi connectivity index (χ0n) is 9.99. The molecule has 1 fully saturated rings. The number of benzene rings is 1. The summed E-state index contributed by atoms with van der Waals surface area (Å²) in [7, 11) is 0. The topological polar surface area (TPSA) is 26.0 Å². The van der Waals surface area contributed by atoms with Crippen LogP contribution in [-0.4, -0.2) is 18.1 Å². The zero-order chi connectivity index (χ0) is 11.4. The highest BCUT2D eigenvalue weighted by Gasteiger charge is 2.23. The Bertz CT molecular complexity index is 331. The molecule has 2 heteroatoms. The third-order valence-electron chi connectivity index (χ3n) is 3.58. The molecule has 2 rings (SSSR count). The van der Waals surface area contributed by atoms with E-state index < -0.39 is 0 Å². The van der Waals surface area contributed by atoms with E-state index in [1.807, 2.05) is 0 Å². The van der Waals surface area contributed by atoms with Gasteiger partial charge < -0.3 is 5.73 Å². The molecule has 1 heterocycles. The van der Waals surface area contributed by atoms with Gasteiger partial charge >= 0.3 is 0 Å². The van der Waals surface area contributed by atoms with Crippen molar-refractivity contribution >= 4 is 11.8 Å². The van der Waals surface area contributed by atoms with Crippen molar-refractivity contribution in [2.75, 3.05) is 18.1 Å². The van der Waals surface area contributed by atoms with Crippen LogP contribution < -0.4 is 5.73 Å². The number of thioether (sulfide) groups is 1. The molecule has 0 amide bonds. The predicted molar refractivity (Wildman–Crippen MR) is 73.0 cm³/mol. The monoisotopic (exact) mass is 235 g/mol. The third kappa shape index (κ3) is 2.80. The maximum absolute atomic E-state index is 5.61. The Morgan fingerprint density at radius 3 is 3.06 bits per heavy atom. The summed E-state index contributed by atoms with van der Waals surface area (Å²) in [6, 6.07) is 8.99. The average molecular weight is 235 g/mol. The van der Waals surface area contributed by atoms with E-state index >= 15 is 0 Å². The lowest BCUT2D eigenvalue weighted by atomic mass is 9.86. The molecule has 2 unspecified atom stereocenters. The maximum atomic E-state index is 5.61. The van der Waals surface area contributed by atoms with Crippen LogP contribution in [0.2, 0.25) is 0 Å². The second kappa shape index (κ2) is 5.74. The van der Waals surface area contributed by atoms with Gasteiger partial charge in [-0.3, -0.25) is 0 Å². The van der Waals surface area contributed by atoms with E-state index in [9.17, 15) is 0 Å². The molecule has 0 bridgehead atoms. The van der Waals surface area contributed by atoms with Crippen molar-refractivity contribution in [3.05, 3.63) is 35.4 Å². The lowest BCUT2D eigenvalue weighted by Crippen LogP contribution is -2.10. The van der Waals surface area contributed by atoms with E-state index in [1.165, 1.54) is 29.1 Å². The smallest absolute Gasteiger partial charge is 0.00331 e. The summed E-state index contributed by atoms with van der Waals surface area (Å²) >= 11 is 2.10. The SMILES string of the molecule is CC(c1cccc(CCN)c1)C1CCSC1. The molecule has 1 aliphatic heterocycles. The first-order valence-corrected chi connectivity index (χ1v) is 7.33. The first-order valence-electron chi connectivity index (χ1n) is 6.18. The molecule has 2 N–H and O–H groups in total. The normalized spacial score (nSPS) is 22.2. The van der Waals surface area contributed by atoms with Crippen LogP contribution >= 0.6 is 11.8 Å². The lowest BCUT2D eigenvalue weighted by Gasteiger charge is -2.19. The number of hydrogen-bond acceptors (Lipinski definition) is 2. The molecule has 0 aromatic heterocycles.